The van der Waals surface area contributed by atoms with Gasteiger partial charge in [-0.25, -0.2) is 8.78 Å². The lowest BCUT2D eigenvalue weighted by atomic mass is 10.1. The van der Waals surface area contributed by atoms with Crippen molar-refractivity contribution in [3.63, 3.8) is 0 Å². The number of halogens is 2. The summed E-state index contributed by atoms with van der Waals surface area (Å²) in [6.07, 6.45) is 0.763. The van der Waals surface area contributed by atoms with Crippen molar-refractivity contribution in [2.75, 3.05) is 16.8 Å². The maximum atomic E-state index is 13.0. The minimum absolute atomic E-state index is 0.00611. The van der Waals surface area contributed by atoms with E-state index in [4.69, 9.17) is 5.73 Å². The minimum atomic E-state index is -2.49. The number of hydrogen-bond acceptors (Lipinski definition) is 3. The van der Waals surface area contributed by atoms with Crippen LogP contribution in [0.15, 0.2) is 18.2 Å². The van der Waals surface area contributed by atoms with Crippen molar-refractivity contribution in [2.45, 2.75) is 43.9 Å². The molecule has 1 aliphatic rings. The largest absolute Gasteiger partial charge is 0.399 e. The molecule has 0 bridgehead atoms. The van der Waals surface area contributed by atoms with Crippen LogP contribution >= 0.6 is 11.8 Å². The van der Waals surface area contributed by atoms with Crippen molar-refractivity contribution in [1.82, 2.24) is 0 Å². The first-order valence-corrected chi connectivity index (χ1v) is 7.70. The molecule has 106 valence electrons. The summed E-state index contributed by atoms with van der Waals surface area (Å²) in [7, 11) is 0. The second-order valence-corrected chi connectivity index (χ2v) is 6.46. The van der Waals surface area contributed by atoms with Crippen LogP contribution in [-0.2, 0) is 0 Å². The van der Waals surface area contributed by atoms with Crippen molar-refractivity contribution in [3.05, 3.63) is 23.8 Å². The van der Waals surface area contributed by atoms with Gasteiger partial charge in [-0.15, -0.1) is 0 Å². The second kappa shape index (κ2) is 6.46. The number of benzene rings is 1. The Labute approximate surface area is 117 Å². The van der Waals surface area contributed by atoms with Crippen molar-refractivity contribution >= 4 is 23.1 Å². The summed E-state index contributed by atoms with van der Waals surface area (Å²) >= 11 is 1.96. The SMILES string of the molecule is CCSC1CCC(Nc2ccc(N)cc2C(F)F)C1. The second-order valence-electron chi connectivity index (χ2n) is 4.88. The number of hydrogen-bond donors (Lipinski definition) is 2. The molecule has 0 spiro atoms. The van der Waals surface area contributed by atoms with E-state index >= 15 is 0 Å². The van der Waals surface area contributed by atoms with Crippen LogP contribution in [0.3, 0.4) is 0 Å². The van der Waals surface area contributed by atoms with E-state index < -0.39 is 6.43 Å². The molecule has 1 aromatic rings. The standard InChI is InChI=1S/C14H20F2N2S/c1-2-19-11-5-4-10(8-11)18-13-6-3-9(17)7-12(13)14(15)16/h3,6-7,10-11,14,18H,2,4-5,8,17H2,1H3. The quantitative estimate of drug-likeness (QED) is 0.793. The van der Waals surface area contributed by atoms with E-state index in [0.717, 1.165) is 25.0 Å². The zero-order valence-corrected chi connectivity index (χ0v) is 11.9. The first-order chi connectivity index (χ1) is 9.10. The van der Waals surface area contributed by atoms with E-state index in [1.165, 1.54) is 6.07 Å². The maximum Gasteiger partial charge on any atom is 0.265 e. The Kier molecular flexibility index (Phi) is 4.91. The molecule has 1 fully saturated rings. The molecule has 1 aromatic carbocycles. The van der Waals surface area contributed by atoms with Gasteiger partial charge in [0.25, 0.3) is 6.43 Å². The van der Waals surface area contributed by atoms with E-state index in [-0.39, 0.29) is 5.56 Å². The van der Waals surface area contributed by atoms with Gasteiger partial charge < -0.3 is 11.1 Å². The Bertz CT molecular complexity index is 426. The summed E-state index contributed by atoms with van der Waals surface area (Å²) in [6.45, 7) is 2.15. The van der Waals surface area contributed by atoms with Crippen LogP contribution in [-0.4, -0.2) is 17.0 Å². The highest BCUT2D eigenvalue weighted by atomic mass is 32.2. The molecule has 2 atom stereocenters. The van der Waals surface area contributed by atoms with E-state index in [2.05, 4.69) is 12.2 Å². The van der Waals surface area contributed by atoms with Crippen molar-refractivity contribution in [1.29, 1.82) is 0 Å². The van der Waals surface area contributed by atoms with Crippen molar-refractivity contribution in [2.24, 2.45) is 0 Å². The fourth-order valence-electron chi connectivity index (χ4n) is 2.57. The van der Waals surface area contributed by atoms with Gasteiger partial charge in [0.1, 0.15) is 0 Å². The van der Waals surface area contributed by atoms with Gasteiger partial charge in [0.05, 0.1) is 0 Å². The Morgan fingerprint density at radius 2 is 2.21 bits per heavy atom. The highest BCUT2D eigenvalue weighted by molar-refractivity contribution is 7.99. The van der Waals surface area contributed by atoms with Gasteiger partial charge in [-0.05, 0) is 43.2 Å². The summed E-state index contributed by atoms with van der Waals surface area (Å²) in [6, 6.07) is 4.99. The predicted octanol–water partition coefficient (Wildman–Crippen LogP) is 4.29. The van der Waals surface area contributed by atoms with E-state index in [1.807, 2.05) is 11.8 Å². The van der Waals surface area contributed by atoms with Gasteiger partial charge in [-0.3, -0.25) is 0 Å². The van der Waals surface area contributed by atoms with Crippen molar-refractivity contribution < 1.29 is 8.78 Å². The van der Waals surface area contributed by atoms with E-state index in [0.29, 0.717) is 22.7 Å². The van der Waals surface area contributed by atoms with Crippen LogP contribution in [0, 0.1) is 0 Å². The third-order valence-electron chi connectivity index (χ3n) is 3.46. The summed E-state index contributed by atoms with van der Waals surface area (Å²) in [4.78, 5) is 0. The summed E-state index contributed by atoms with van der Waals surface area (Å²) < 4.78 is 26.0. The van der Waals surface area contributed by atoms with Gasteiger partial charge in [-0.1, -0.05) is 6.92 Å². The molecule has 0 aromatic heterocycles. The average Bonchev–Trinajstić information content (AvgIpc) is 2.79. The van der Waals surface area contributed by atoms with Crippen LogP contribution in [0.1, 0.15) is 38.2 Å². The maximum absolute atomic E-state index is 13.0. The van der Waals surface area contributed by atoms with Gasteiger partial charge >= 0.3 is 0 Å². The highest BCUT2D eigenvalue weighted by Gasteiger charge is 2.25. The van der Waals surface area contributed by atoms with Crippen LogP contribution in [0.2, 0.25) is 0 Å². The third kappa shape index (κ3) is 3.75. The molecule has 0 radical (unpaired) electrons. The lowest BCUT2D eigenvalue weighted by Crippen LogP contribution is -2.17. The zero-order chi connectivity index (χ0) is 13.8. The average molecular weight is 286 g/mol. The van der Waals surface area contributed by atoms with Gasteiger partial charge in [0, 0.05) is 28.2 Å². The molecule has 2 nitrogen and oxygen atoms in total. The minimum Gasteiger partial charge on any atom is -0.399 e. The van der Waals surface area contributed by atoms with E-state index in [1.54, 1.807) is 12.1 Å². The molecule has 0 saturated heterocycles. The number of anilines is 2. The van der Waals surface area contributed by atoms with Crippen LogP contribution < -0.4 is 11.1 Å². The monoisotopic (exact) mass is 286 g/mol. The molecule has 0 aliphatic heterocycles. The summed E-state index contributed by atoms with van der Waals surface area (Å²) in [5, 5.41) is 3.92. The Morgan fingerprint density at radius 3 is 2.89 bits per heavy atom. The number of nitrogen functional groups attached to an aromatic ring is 1. The summed E-state index contributed by atoms with van der Waals surface area (Å²) in [5.74, 6) is 1.11. The molecule has 2 rings (SSSR count). The molecule has 19 heavy (non-hydrogen) atoms. The van der Waals surface area contributed by atoms with Crippen LogP contribution in [0.4, 0.5) is 20.2 Å². The Balaban J connectivity index is 2.03. The molecule has 1 saturated carbocycles. The molecule has 2 unspecified atom stereocenters. The first-order valence-electron chi connectivity index (χ1n) is 6.65. The fraction of sp³-hybridized carbons (Fsp3) is 0.571. The van der Waals surface area contributed by atoms with Gasteiger partial charge in [-0.2, -0.15) is 11.8 Å². The van der Waals surface area contributed by atoms with Gasteiger partial charge in [0.2, 0.25) is 0 Å². The molecule has 0 amide bonds. The number of alkyl halides is 2. The van der Waals surface area contributed by atoms with Gasteiger partial charge in [0.15, 0.2) is 0 Å². The first kappa shape index (κ1) is 14.4. The lowest BCUT2D eigenvalue weighted by Gasteiger charge is -2.18. The van der Waals surface area contributed by atoms with E-state index in [9.17, 15) is 8.78 Å². The molecule has 5 heteroatoms. The highest BCUT2D eigenvalue weighted by Crippen LogP contribution is 2.34. The smallest absolute Gasteiger partial charge is 0.265 e. The molecule has 0 heterocycles. The number of thioether (sulfide) groups is 1. The molecular formula is C14H20F2N2S. The van der Waals surface area contributed by atoms with Crippen LogP contribution in [0.5, 0.6) is 0 Å². The Morgan fingerprint density at radius 1 is 1.42 bits per heavy atom. The normalized spacial score (nSPS) is 22.9. The number of nitrogens with one attached hydrogen (secondary N) is 1. The summed E-state index contributed by atoms with van der Waals surface area (Å²) in [5.41, 5.74) is 6.48. The topological polar surface area (TPSA) is 38.0 Å². The molecular weight excluding hydrogens is 266 g/mol. The van der Waals surface area contributed by atoms with Crippen LogP contribution in [0.25, 0.3) is 0 Å². The fourth-order valence-corrected chi connectivity index (χ4v) is 3.71. The molecule has 1 aliphatic carbocycles. The number of nitrogens with two attached hydrogens (primary N) is 1. The zero-order valence-electron chi connectivity index (χ0n) is 11.0. The predicted molar refractivity (Wildman–Crippen MR) is 79.0 cm³/mol. The molecule has 3 N–H and O–H groups in total. The third-order valence-corrected chi connectivity index (χ3v) is 4.69. The number of rotatable bonds is 5. The lowest BCUT2D eigenvalue weighted by molar-refractivity contribution is 0.152. The van der Waals surface area contributed by atoms with Crippen molar-refractivity contribution in [3.8, 4) is 0 Å². The Hall–Kier alpha value is -0.970.